The van der Waals surface area contributed by atoms with Crippen LogP contribution in [0.2, 0.25) is 0 Å². The summed E-state index contributed by atoms with van der Waals surface area (Å²) < 4.78 is 0.339. The summed E-state index contributed by atoms with van der Waals surface area (Å²) in [6.45, 7) is 2.26. The highest BCUT2D eigenvalue weighted by molar-refractivity contribution is 9.25. The van der Waals surface area contributed by atoms with Gasteiger partial charge < -0.3 is 0 Å². The molecule has 0 heterocycles. The zero-order chi connectivity index (χ0) is 8.32. The van der Waals surface area contributed by atoms with Gasteiger partial charge in [0.25, 0.3) is 0 Å². The maximum absolute atomic E-state index is 3.64. The van der Waals surface area contributed by atoms with E-state index in [0.717, 1.165) is 5.92 Å². The Bertz CT molecular complexity index is 121. The second-order valence-electron chi connectivity index (χ2n) is 3.51. The number of rotatable bonds is 5. The van der Waals surface area contributed by atoms with E-state index >= 15 is 0 Å². The minimum absolute atomic E-state index is 0.339. The van der Waals surface area contributed by atoms with Crippen molar-refractivity contribution in [1.29, 1.82) is 0 Å². The summed E-state index contributed by atoms with van der Waals surface area (Å²) in [5, 5.41) is 0. The predicted octanol–water partition coefficient (Wildman–Crippen LogP) is 4.46. The summed E-state index contributed by atoms with van der Waals surface area (Å²) >= 11 is 7.28. The van der Waals surface area contributed by atoms with Gasteiger partial charge in [-0.3, -0.25) is 0 Å². The Labute approximate surface area is 86.4 Å². The third-order valence-electron chi connectivity index (χ3n) is 2.36. The van der Waals surface area contributed by atoms with Crippen molar-refractivity contribution in [3.63, 3.8) is 0 Å². The van der Waals surface area contributed by atoms with Gasteiger partial charge >= 0.3 is 0 Å². The fourth-order valence-corrected chi connectivity index (χ4v) is 2.64. The average molecular weight is 284 g/mol. The Kier molecular flexibility index (Phi) is 3.90. The summed E-state index contributed by atoms with van der Waals surface area (Å²) in [4.78, 5) is 0. The second-order valence-corrected chi connectivity index (χ2v) is 7.41. The molecule has 0 unspecified atom stereocenters. The molecule has 11 heavy (non-hydrogen) atoms. The molecule has 0 aromatic heterocycles. The Morgan fingerprint density at radius 3 is 2.36 bits per heavy atom. The van der Waals surface area contributed by atoms with E-state index in [1.165, 1.54) is 38.5 Å². The Morgan fingerprint density at radius 2 is 1.91 bits per heavy atom. The summed E-state index contributed by atoms with van der Waals surface area (Å²) in [6.07, 6.45) is 8.30. The molecule has 1 saturated carbocycles. The van der Waals surface area contributed by atoms with Crippen molar-refractivity contribution in [3.8, 4) is 0 Å². The summed E-state index contributed by atoms with van der Waals surface area (Å²) in [7, 11) is 0. The smallest absolute Gasteiger partial charge is 0.0724 e. The van der Waals surface area contributed by atoms with E-state index in [4.69, 9.17) is 0 Å². The van der Waals surface area contributed by atoms with Gasteiger partial charge in [0.15, 0.2) is 0 Å². The van der Waals surface area contributed by atoms with E-state index in [1.807, 2.05) is 0 Å². The lowest BCUT2D eigenvalue weighted by Crippen LogP contribution is -1.88. The van der Waals surface area contributed by atoms with Gasteiger partial charge in [0.05, 0.1) is 3.23 Å². The molecule has 2 heteroatoms. The fraction of sp³-hybridized carbons (Fsp3) is 1.00. The van der Waals surface area contributed by atoms with E-state index in [2.05, 4.69) is 38.8 Å². The standard InChI is InChI=1S/C9H16Br2/c1-2-3-4-5-6-8-7-9(8,10)11/h8H,2-7H2,1H3/t8-/m0/s1. The topological polar surface area (TPSA) is 0 Å². The second kappa shape index (κ2) is 4.27. The van der Waals surface area contributed by atoms with Crippen LogP contribution in [-0.2, 0) is 0 Å². The van der Waals surface area contributed by atoms with Gasteiger partial charge in [-0.05, 0) is 18.8 Å². The van der Waals surface area contributed by atoms with E-state index < -0.39 is 0 Å². The molecule has 1 fully saturated rings. The van der Waals surface area contributed by atoms with Crippen LogP contribution >= 0.6 is 31.9 Å². The molecule has 1 atom stereocenters. The molecule has 66 valence electrons. The van der Waals surface area contributed by atoms with Crippen LogP contribution < -0.4 is 0 Å². The maximum atomic E-state index is 3.64. The molecule has 0 aromatic rings. The van der Waals surface area contributed by atoms with E-state index in [1.54, 1.807) is 0 Å². The van der Waals surface area contributed by atoms with Crippen molar-refractivity contribution in [2.24, 2.45) is 5.92 Å². The predicted molar refractivity (Wildman–Crippen MR) is 57.5 cm³/mol. The van der Waals surface area contributed by atoms with E-state index in [-0.39, 0.29) is 0 Å². The van der Waals surface area contributed by atoms with Crippen LogP contribution in [0.3, 0.4) is 0 Å². The van der Waals surface area contributed by atoms with Crippen molar-refractivity contribution in [2.75, 3.05) is 0 Å². The van der Waals surface area contributed by atoms with Crippen LogP contribution in [0.5, 0.6) is 0 Å². The highest BCUT2D eigenvalue weighted by Gasteiger charge is 2.49. The lowest BCUT2D eigenvalue weighted by Gasteiger charge is -1.99. The summed E-state index contributed by atoms with van der Waals surface area (Å²) in [6, 6.07) is 0. The van der Waals surface area contributed by atoms with Crippen molar-refractivity contribution in [1.82, 2.24) is 0 Å². The molecule has 0 radical (unpaired) electrons. The number of hydrogen-bond acceptors (Lipinski definition) is 0. The maximum Gasteiger partial charge on any atom is 0.0837 e. The van der Waals surface area contributed by atoms with Crippen LogP contribution in [0.4, 0.5) is 0 Å². The fourth-order valence-electron chi connectivity index (χ4n) is 1.40. The normalized spacial score (nSPS) is 27.0. The van der Waals surface area contributed by atoms with Gasteiger partial charge in [-0.2, -0.15) is 0 Å². The molecule has 0 N–H and O–H groups in total. The van der Waals surface area contributed by atoms with Crippen molar-refractivity contribution >= 4 is 31.9 Å². The number of halogens is 2. The molecule has 0 aromatic carbocycles. The van der Waals surface area contributed by atoms with Crippen LogP contribution in [0.1, 0.15) is 45.4 Å². The highest BCUT2D eigenvalue weighted by atomic mass is 79.9. The highest BCUT2D eigenvalue weighted by Crippen LogP contribution is 2.58. The quantitative estimate of drug-likeness (QED) is 0.516. The zero-order valence-corrected chi connectivity index (χ0v) is 10.2. The SMILES string of the molecule is CCCCCC[C@H]1CC1(Br)Br. The van der Waals surface area contributed by atoms with Crippen molar-refractivity contribution in [2.45, 2.75) is 48.7 Å². The van der Waals surface area contributed by atoms with Gasteiger partial charge in [-0.1, -0.05) is 64.5 Å². The first-order chi connectivity index (χ1) is 5.17. The first-order valence-corrected chi connectivity index (χ1v) is 6.13. The van der Waals surface area contributed by atoms with Crippen molar-refractivity contribution in [3.05, 3.63) is 0 Å². The molecule has 1 rings (SSSR count). The third-order valence-corrected chi connectivity index (χ3v) is 4.30. The average Bonchev–Trinajstić information content (AvgIpc) is 2.52. The molecule has 0 bridgehead atoms. The van der Waals surface area contributed by atoms with Gasteiger partial charge in [0.2, 0.25) is 0 Å². The van der Waals surface area contributed by atoms with Crippen molar-refractivity contribution < 1.29 is 0 Å². The molecule has 0 spiro atoms. The third kappa shape index (κ3) is 3.45. The van der Waals surface area contributed by atoms with Crippen LogP contribution in [0, 0.1) is 5.92 Å². The molecule has 1 aliphatic carbocycles. The lowest BCUT2D eigenvalue weighted by atomic mass is 10.1. The van der Waals surface area contributed by atoms with Gasteiger partial charge in [0.1, 0.15) is 0 Å². The molecular formula is C9H16Br2. The molecule has 0 nitrogen and oxygen atoms in total. The molecule has 0 saturated heterocycles. The molecule has 1 aliphatic rings. The summed E-state index contributed by atoms with van der Waals surface area (Å²) in [5.41, 5.74) is 0. The molecule has 0 aliphatic heterocycles. The van der Waals surface area contributed by atoms with E-state index in [9.17, 15) is 0 Å². The van der Waals surface area contributed by atoms with Crippen LogP contribution in [-0.4, -0.2) is 3.23 Å². The minimum atomic E-state index is 0.339. The van der Waals surface area contributed by atoms with Gasteiger partial charge in [0, 0.05) is 0 Å². The van der Waals surface area contributed by atoms with Gasteiger partial charge in [-0.15, -0.1) is 0 Å². The Hall–Kier alpha value is 0.960. The number of unbranched alkanes of at least 4 members (excludes halogenated alkanes) is 3. The zero-order valence-electron chi connectivity index (χ0n) is 7.08. The Balaban J connectivity index is 1.90. The van der Waals surface area contributed by atoms with Crippen LogP contribution in [0.15, 0.2) is 0 Å². The largest absolute Gasteiger partial charge is 0.0837 e. The molecular weight excluding hydrogens is 268 g/mol. The van der Waals surface area contributed by atoms with Gasteiger partial charge in [-0.25, -0.2) is 0 Å². The first kappa shape index (κ1) is 10.0. The van der Waals surface area contributed by atoms with Crippen LogP contribution in [0.25, 0.3) is 0 Å². The molecule has 0 amide bonds. The first-order valence-electron chi connectivity index (χ1n) is 4.54. The number of hydrogen-bond donors (Lipinski definition) is 0. The van der Waals surface area contributed by atoms with E-state index in [0.29, 0.717) is 3.23 Å². The monoisotopic (exact) mass is 282 g/mol. The number of alkyl halides is 2. The lowest BCUT2D eigenvalue weighted by molar-refractivity contribution is 0.597. The summed E-state index contributed by atoms with van der Waals surface area (Å²) in [5.74, 6) is 0.902. The minimum Gasteiger partial charge on any atom is -0.0724 e. The Morgan fingerprint density at radius 1 is 1.27 bits per heavy atom.